The maximum absolute atomic E-state index is 12.1. The van der Waals surface area contributed by atoms with Gasteiger partial charge in [-0.2, -0.15) is 0 Å². The third kappa shape index (κ3) is 3.55. The number of benzene rings is 1. The first-order valence-electron chi connectivity index (χ1n) is 5.99. The Bertz CT molecular complexity index is 660. The molecule has 0 bridgehead atoms. The first-order chi connectivity index (χ1) is 9.56. The molecule has 1 aromatic heterocycles. The fourth-order valence-electron chi connectivity index (χ4n) is 1.67. The van der Waals surface area contributed by atoms with Gasteiger partial charge in [0.25, 0.3) is 11.8 Å². The van der Waals surface area contributed by atoms with Crippen LogP contribution in [-0.4, -0.2) is 11.8 Å². The number of primary amides is 1. The Labute approximate surface area is 120 Å². The van der Waals surface area contributed by atoms with Gasteiger partial charge in [-0.3, -0.25) is 9.59 Å². The second kappa shape index (κ2) is 6.16. The molecule has 2 aromatic rings. The molecule has 0 spiro atoms. The topological polar surface area (TPSA) is 72.2 Å². The molecule has 3 N–H and O–H groups in total. The quantitative estimate of drug-likeness (QED) is 0.847. The molecule has 0 fully saturated rings. The zero-order chi connectivity index (χ0) is 14.5. The first kappa shape index (κ1) is 14.0. The van der Waals surface area contributed by atoms with Crippen LogP contribution in [0.5, 0.6) is 0 Å². The van der Waals surface area contributed by atoms with Crippen LogP contribution in [0.25, 0.3) is 6.08 Å². The molecule has 4 nitrogen and oxygen atoms in total. The van der Waals surface area contributed by atoms with Crippen molar-refractivity contribution in [3.63, 3.8) is 0 Å². The molecule has 0 saturated heterocycles. The molecule has 0 aliphatic carbocycles. The van der Waals surface area contributed by atoms with Gasteiger partial charge in [-0.15, -0.1) is 11.3 Å². The SMILES string of the molecule is Cc1cccc(C(=O)N/C(=C\c2cccs2)C(N)=O)c1. The van der Waals surface area contributed by atoms with Crippen molar-refractivity contribution in [1.82, 2.24) is 5.32 Å². The lowest BCUT2D eigenvalue weighted by molar-refractivity contribution is -0.114. The molecule has 0 unspecified atom stereocenters. The van der Waals surface area contributed by atoms with E-state index in [-0.39, 0.29) is 11.6 Å². The van der Waals surface area contributed by atoms with E-state index in [2.05, 4.69) is 5.32 Å². The molecule has 1 aromatic carbocycles. The molecule has 0 aliphatic heterocycles. The maximum Gasteiger partial charge on any atom is 0.265 e. The monoisotopic (exact) mass is 286 g/mol. The van der Waals surface area contributed by atoms with Crippen molar-refractivity contribution >= 4 is 29.2 Å². The Kier molecular flexibility index (Phi) is 4.32. The van der Waals surface area contributed by atoms with Gasteiger partial charge < -0.3 is 11.1 Å². The van der Waals surface area contributed by atoms with E-state index < -0.39 is 5.91 Å². The van der Waals surface area contributed by atoms with Gasteiger partial charge in [0, 0.05) is 10.4 Å². The molecule has 5 heteroatoms. The van der Waals surface area contributed by atoms with Crippen molar-refractivity contribution in [2.24, 2.45) is 5.73 Å². The van der Waals surface area contributed by atoms with Crippen molar-refractivity contribution in [1.29, 1.82) is 0 Å². The van der Waals surface area contributed by atoms with Gasteiger partial charge in [-0.05, 0) is 36.6 Å². The first-order valence-corrected chi connectivity index (χ1v) is 6.87. The molecule has 0 radical (unpaired) electrons. The lowest BCUT2D eigenvalue weighted by Gasteiger charge is -2.07. The van der Waals surface area contributed by atoms with Crippen LogP contribution in [-0.2, 0) is 4.79 Å². The van der Waals surface area contributed by atoms with Gasteiger partial charge in [0.2, 0.25) is 0 Å². The van der Waals surface area contributed by atoms with Gasteiger partial charge in [0.1, 0.15) is 5.70 Å². The number of amides is 2. The highest BCUT2D eigenvalue weighted by atomic mass is 32.1. The summed E-state index contributed by atoms with van der Waals surface area (Å²) < 4.78 is 0. The van der Waals surface area contributed by atoms with Crippen LogP contribution < -0.4 is 11.1 Å². The zero-order valence-corrected chi connectivity index (χ0v) is 11.7. The Morgan fingerprint density at radius 1 is 1.25 bits per heavy atom. The van der Waals surface area contributed by atoms with Crippen LogP contribution in [0.1, 0.15) is 20.8 Å². The van der Waals surface area contributed by atoms with Crippen molar-refractivity contribution in [2.45, 2.75) is 6.92 Å². The normalized spacial score (nSPS) is 11.2. The summed E-state index contributed by atoms with van der Waals surface area (Å²) in [4.78, 5) is 24.3. The third-order valence-electron chi connectivity index (χ3n) is 2.62. The summed E-state index contributed by atoms with van der Waals surface area (Å²) in [6.45, 7) is 1.90. The molecule has 102 valence electrons. The number of aryl methyl sites for hydroxylation is 1. The predicted molar refractivity (Wildman–Crippen MR) is 80.1 cm³/mol. The summed E-state index contributed by atoms with van der Waals surface area (Å²) in [6.07, 6.45) is 1.57. The van der Waals surface area contributed by atoms with E-state index in [1.807, 2.05) is 30.5 Å². The van der Waals surface area contributed by atoms with E-state index in [1.165, 1.54) is 11.3 Å². The molecule has 1 heterocycles. The zero-order valence-electron chi connectivity index (χ0n) is 10.9. The van der Waals surface area contributed by atoms with Crippen molar-refractivity contribution in [3.05, 3.63) is 63.5 Å². The number of hydrogen-bond donors (Lipinski definition) is 2. The number of rotatable bonds is 4. The summed E-state index contributed by atoms with van der Waals surface area (Å²) >= 11 is 1.46. The molecular formula is C15H14N2O2S. The molecule has 0 atom stereocenters. The standard InChI is InChI=1S/C15H14N2O2S/c1-10-4-2-5-11(8-10)15(19)17-13(14(16)18)9-12-6-3-7-20-12/h2-9H,1H3,(H2,16,18)(H,17,19)/b13-9-. The average Bonchev–Trinajstić information content (AvgIpc) is 2.90. The summed E-state index contributed by atoms with van der Waals surface area (Å²) in [5.74, 6) is -1.02. The molecular weight excluding hydrogens is 272 g/mol. The molecule has 2 rings (SSSR count). The van der Waals surface area contributed by atoms with Gasteiger partial charge in [0.05, 0.1) is 0 Å². The number of carbonyl (C=O) groups is 2. The summed E-state index contributed by atoms with van der Waals surface area (Å²) in [7, 11) is 0. The van der Waals surface area contributed by atoms with Crippen molar-refractivity contribution in [2.75, 3.05) is 0 Å². The number of hydrogen-bond acceptors (Lipinski definition) is 3. The Hall–Kier alpha value is -2.40. The predicted octanol–water partition coefficient (Wildman–Crippen LogP) is 2.31. The minimum absolute atomic E-state index is 0.0824. The highest BCUT2D eigenvalue weighted by Crippen LogP contribution is 2.13. The van der Waals surface area contributed by atoms with E-state index in [0.717, 1.165) is 10.4 Å². The highest BCUT2D eigenvalue weighted by molar-refractivity contribution is 7.10. The second-order valence-electron chi connectivity index (χ2n) is 4.26. The summed E-state index contributed by atoms with van der Waals surface area (Å²) in [5, 5.41) is 4.43. The summed E-state index contributed by atoms with van der Waals surface area (Å²) in [5.41, 5.74) is 6.84. The Morgan fingerprint density at radius 3 is 2.65 bits per heavy atom. The number of carbonyl (C=O) groups excluding carboxylic acids is 2. The minimum Gasteiger partial charge on any atom is -0.364 e. The van der Waals surface area contributed by atoms with E-state index in [1.54, 1.807) is 24.3 Å². The molecule has 0 aliphatic rings. The maximum atomic E-state index is 12.1. The van der Waals surface area contributed by atoms with E-state index in [9.17, 15) is 9.59 Å². The van der Waals surface area contributed by atoms with Gasteiger partial charge in [-0.25, -0.2) is 0 Å². The molecule has 20 heavy (non-hydrogen) atoms. The van der Waals surface area contributed by atoms with Crippen LogP contribution in [0.3, 0.4) is 0 Å². The third-order valence-corrected chi connectivity index (χ3v) is 3.44. The van der Waals surface area contributed by atoms with E-state index in [4.69, 9.17) is 5.73 Å². The van der Waals surface area contributed by atoms with Crippen molar-refractivity contribution < 1.29 is 9.59 Å². The number of thiophene rings is 1. The van der Waals surface area contributed by atoms with Gasteiger partial charge in [0.15, 0.2) is 0 Å². The largest absolute Gasteiger partial charge is 0.364 e. The lowest BCUT2D eigenvalue weighted by atomic mass is 10.1. The smallest absolute Gasteiger partial charge is 0.265 e. The van der Waals surface area contributed by atoms with Crippen LogP contribution >= 0.6 is 11.3 Å². The van der Waals surface area contributed by atoms with Gasteiger partial charge >= 0.3 is 0 Å². The van der Waals surface area contributed by atoms with Crippen LogP contribution in [0.2, 0.25) is 0 Å². The van der Waals surface area contributed by atoms with Crippen molar-refractivity contribution in [3.8, 4) is 0 Å². The fraction of sp³-hybridized carbons (Fsp3) is 0.0667. The minimum atomic E-state index is -0.667. The Balaban J connectivity index is 2.21. The van der Waals surface area contributed by atoms with Gasteiger partial charge in [-0.1, -0.05) is 23.8 Å². The fourth-order valence-corrected chi connectivity index (χ4v) is 2.32. The highest BCUT2D eigenvalue weighted by Gasteiger charge is 2.12. The van der Waals surface area contributed by atoms with Crippen LogP contribution in [0.4, 0.5) is 0 Å². The lowest BCUT2D eigenvalue weighted by Crippen LogP contribution is -2.31. The Morgan fingerprint density at radius 2 is 2.05 bits per heavy atom. The van der Waals surface area contributed by atoms with E-state index in [0.29, 0.717) is 5.56 Å². The average molecular weight is 286 g/mol. The number of nitrogens with one attached hydrogen (secondary N) is 1. The van der Waals surface area contributed by atoms with Crippen LogP contribution in [0.15, 0.2) is 47.5 Å². The van der Waals surface area contributed by atoms with E-state index >= 15 is 0 Å². The summed E-state index contributed by atoms with van der Waals surface area (Å²) in [6, 6.07) is 10.8. The molecule has 2 amide bonds. The molecule has 0 saturated carbocycles. The number of nitrogens with two attached hydrogens (primary N) is 1. The van der Waals surface area contributed by atoms with Crippen LogP contribution in [0, 0.1) is 6.92 Å². The second-order valence-corrected chi connectivity index (χ2v) is 5.24.